The fraction of sp³-hybridized carbons (Fsp3) is 0.133. The van der Waals surface area contributed by atoms with Gasteiger partial charge in [-0.05, 0) is 24.3 Å². The monoisotopic (exact) mass is 306 g/mol. The molecule has 0 unspecified atom stereocenters. The summed E-state index contributed by atoms with van der Waals surface area (Å²) in [6.45, 7) is 0. The van der Waals surface area contributed by atoms with Gasteiger partial charge in [-0.25, -0.2) is 0 Å². The first-order valence-corrected chi connectivity index (χ1v) is 6.52. The number of nitrogens with one attached hydrogen (secondary N) is 1. The maximum absolute atomic E-state index is 12.3. The summed E-state index contributed by atoms with van der Waals surface area (Å²) < 4.78 is 10.2. The van der Waals surface area contributed by atoms with Crippen LogP contribution in [0.4, 0.5) is 11.4 Å². The van der Waals surface area contributed by atoms with E-state index in [4.69, 9.17) is 26.8 Å². The van der Waals surface area contributed by atoms with Gasteiger partial charge in [-0.1, -0.05) is 17.7 Å². The summed E-state index contributed by atoms with van der Waals surface area (Å²) in [5.41, 5.74) is 6.93. The Hall–Kier alpha value is -2.40. The number of carbonyl (C=O) groups excluding carboxylic acids is 1. The molecule has 6 heteroatoms. The van der Waals surface area contributed by atoms with Crippen molar-refractivity contribution >= 4 is 28.9 Å². The van der Waals surface area contributed by atoms with Gasteiger partial charge in [0.2, 0.25) is 0 Å². The van der Waals surface area contributed by atoms with E-state index in [9.17, 15) is 4.79 Å². The summed E-state index contributed by atoms with van der Waals surface area (Å²) in [6.07, 6.45) is 0. The number of carbonyl (C=O) groups is 1. The number of rotatable bonds is 4. The first kappa shape index (κ1) is 15.0. The van der Waals surface area contributed by atoms with Crippen LogP contribution < -0.4 is 20.5 Å². The maximum Gasteiger partial charge on any atom is 0.257 e. The molecule has 2 rings (SSSR count). The first-order chi connectivity index (χ1) is 10.1. The largest absolute Gasteiger partial charge is 0.497 e. The molecule has 2 aromatic rings. The maximum atomic E-state index is 12.3. The molecule has 0 aromatic heterocycles. The van der Waals surface area contributed by atoms with Crippen LogP contribution in [-0.4, -0.2) is 20.1 Å². The van der Waals surface area contributed by atoms with Crippen LogP contribution in [0.25, 0.3) is 0 Å². The summed E-state index contributed by atoms with van der Waals surface area (Å²) in [4.78, 5) is 12.3. The standard InChI is InChI=1S/C15H15ClN2O3/c1-20-9-6-7-11(16)12(8-9)18-15(19)10-4-3-5-13(21-2)14(10)17/h3-8H,17H2,1-2H3,(H,18,19). The Morgan fingerprint density at radius 1 is 1.19 bits per heavy atom. The summed E-state index contributed by atoms with van der Waals surface area (Å²) in [5.74, 6) is 0.661. The second-order valence-electron chi connectivity index (χ2n) is 4.22. The van der Waals surface area contributed by atoms with Crippen molar-refractivity contribution in [3.63, 3.8) is 0 Å². The van der Waals surface area contributed by atoms with Gasteiger partial charge in [-0.3, -0.25) is 4.79 Å². The molecular formula is C15H15ClN2O3. The van der Waals surface area contributed by atoms with Crippen LogP contribution in [0.2, 0.25) is 5.02 Å². The van der Waals surface area contributed by atoms with E-state index in [1.807, 2.05) is 0 Å². The van der Waals surface area contributed by atoms with Gasteiger partial charge in [0.1, 0.15) is 11.5 Å². The number of benzene rings is 2. The van der Waals surface area contributed by atoms with E-state index < -0.39 is 0 Å². The molecular weight excluding hydrogens is 292 g/mol. The Balaban J connectivity index is 2.30. The number of amides is 1. The number of hydrogen-bond donors (Lipinski definition) is 2. The topological polar surface area (TPSA) is 73.6 Å². The number of halogens is 1. The van der Waals surface area contributed by atoms with Crippen molar-refractivity contribution in [2.45, 2.75) is 0 Å². The van der Waals surface area contributed by atoms with Crippen molar-refractivity contribution in [1.82, 2.24) is 0 Å². The molecule has 3 N–H and O–H groups in total. The van der Waals surface area contributed by atoms with Crippen molar-refractivity contribution in [1.29, 1.82) is 0 Å². The fourth-order valence-corrected chi connectivity index (χ4v) is 2.00. The molecule has 0 bridgehead atoms. The van der Waals surface area contributed by atoms with Gasteiger partial charge in [0.05, 0.1) is 36.2 Å². The van der Waals surface area contributed by atoms with Gasteiger partial charge >= 0.3 is 0 Å². The smallest absolute Gasteiger partial charge is 0.257 e. The zero-order chi connectivity index (χ0) is 15.4. The van der Waals surface area contributed by atoms with E-state index in [0.717, 1.165) is 0 Å². The zero-order valence-electron chi connectivity index (χ0n) is 11.6. The van der Waals surface area contributed by atoms with Crippen molar-refractivity contribution in [3.05, 3.63) is 47.0 Å². The highest BCUT2D eigenvalue weighted by Gasteiger charge is 2.14. The third-order valence-corrected chi connectivity index (χ3v) is 3.28. The Kier molecular flexibility index (Phi) is 4.55. The highest BCUT2D eigenvalue weighted by Crippen LogP contribution is 2.29. The third kappa shape index (κ3) is 3.20. The lowest BCUT2D eigenvalue weighted by molar-refractivity contribution is 0.102. The Bertz CT molecular complexity index is 674. The second-order valence-corrected chi connectivity index (χ2v) is 4.63. The van der Waals surface area contributed by atoms with E-state index in [0.29, 0.717) is 27.8 Å². The highest BCUT2D eigenvalue weighted by atomic mass is 35.5. The van der Waals surface area contributed by atoms with Crippen molar-refractivity contribution in [2.24, 2.45) is 0 Å². The zero-order valence-corrected chi connectivity index (χ0v) is 12.4. The Morgan fingerprint density at radius 3 is 2.62 bits per heavy atom. The van der Waals surface area contributed by atoms with Crippen LogP contribution in [0.5, 0.6) is 11.5 Å². The van der Waals surface area contributed by atoms with E-state index in [1.54, 1.807) is 36.4 Å². The lowest BCUT2D eigenvalue weighted by Crippen LogP contribution is -2.14. The molecule has 0 aliphatic rings. The minimum Gasteiger partial charge on any atom is -0.497 e. The number of hydrogen-bond acceptors (Lipinski definition) is 4. The number of nitrogen functional groups attached to an aromatic ring is 1. The molecule has 0 spiro atoms. The van der Waals surface area contributed by atoms with Gasteiger partial charge in [0, 0.05) is 6.07 Å². The van der Waals surface area contributed by atoms with Crippen LogP contribution in [0.1, 0.15) is 10.4 Å². The highest BCUT2D eigenvalue weighted by molar-refractivity contribution is 6.34. The molecule has 0 heterocycles. The van der Waals surface area contributed by atoms with Gasteiger partial charge < -0.3 is 20.5 Å². The molecule has 2 aromatic carbocycles. The quantitative estimate of drug-likeness (QED) is 0.851. The van der Waals surface area contributed by atoms with Gasteiger partial charge in [-0.2, -0.15) is 0 Å². The average molecular weight is 307 g/mol. The molecule has 21 heavy (non-hydrogen) atoms. The van der Waals surface area contributed by atoms with Crippen molar-refractivity contribution in [2.75, 3.05) is 25.3 Å². The summed E-state index contributed by atoms with van der Waals surface area (Å²) in [7, 11) is 3.03. The van der Waals surface area contributed by atoms with Crippen LogP contribution in [0.3, 0.4) is 0 Å². The normalized spacial score (nSPS) is 10.0. The number of nitrogens with two attached hydrogens (primary N) is 1. The number of methoxy groups -OCH3 is 2. The summed E-state index contributed by atoms with van der Waals surface area (Å²) in [5, 5.41) is 3.11. The lowest BCUT2D eigenvalue weighted by Gasteiger charge is -2.12. The predicted octanol–water partition coefficient (Wildman–Crippen LogP) is 3.19. The molecule has 1 amide bonds. The Morgan fingerprint density at radius 2 is 1.95 bits per heavy atom. The van der Waals surface area contributed by atoms with Crippen molar-refractivity contribution < 1.29 is 14.3 Å². The van der Waals surface area contributed by atoms with E-state index in [1.165, 1.54) is 14.2 Å². The third-order valence-electron chi connectivity index (χ3n) is 2.95. The first-order valence-electron chi connectivity index (χ1n) is 6.14. The molecule has 0 saturated heterocycles. The summed E-state index contributed by atoms with van der Waals surface area (Å²) >= 11 is 6.06. The number of para-hydroxylation sites is 1. The van der Waals surface area contributed by atoms with Crippen LogP contribution in [-0.2, 0) is 0 Å². The van der Waals surface area contributed by atoms with Crippen LogP contribution >= 0.6 is 11.6 Å². The predicted molar refractivity (Wildman–Crippen MR) is 83.4 cm³/mol. The molecule has 0 atom stereocenters. The van der Waals surface area contributed by atoms with Crippen LogP contribution in [0, 0.1) is 0 Å². The van der Waals surface area contributed by atoms with Gasteiger partial charge in [-0.15, -0.1) is 0 Å². The summed E-state index contributed by atoms with van der Waals surface area (Å²) in [6, 6.07) is 9.97. The minimum absolute atomic E-state index is 0.275. The van der Waals surface area contributed by atoms with Gasteiger partial charge in [0.25, 0.3) is 5.91 Å². The van der Waals surface area contributed by atoms with Gasteiger partial charge in [0.15, 0.2) is 0 Å². The SMILES string of the molecule is COc1ccc(Cl)c(NC(=O)c2cccc(OC)c2N)c1. The Labute approximate surface area is 127 Å². The van der Waals surface area contributed by atoms with Crippen molar-refractivity contribution in [3.8, 4) is 11.5 Å². The molecule has 0 aliphatic carbocycles. The number of ether oxygens (including phenoxy) is 2. The second kappa shape index (κ2) is 6.37. The molecule has 5 nitrogen and oxygen atoms in total. The van der Waals surface area contributed by atoms with Crippen LogP contribution in [0.15, 0.2) is 36.4 Å². The van der Waals surface area contributed by atoms with E-state index in [2.05, 4.69) is 5.32 Å². The van der Waals surface area contributed by atoms with E-state index >= 15 is 0 Å². The lowest BCUT2D eigenvalue weighted by atomic mass is 10.1. The number of anilines is 2. The molecule has 110 valence electrons. The molecule has 0 radical (unpaired) electrons. The average Bonchev–Trinajstić information content (AvgIpc) is 2.49. The molecule has 0 saturated carbocycles. The molecule has 0 fully saturated rings. The fourth-order valence-electron chi connectivity index (χ4n) is 1.84. The minimum atomic E-state index is -0.374. The molecule has 0 aliphatic heterocycles. The van der Waals surface area contributed by atoms with E-state index in [-0.39, 0.29) is 11.6 Å².